The fourth-order valence-electron chi connectivity index (χ4n) is 4.65. The number of ether oxygens (including phenoxy) is 2. The molecule has 0 aromatic heterocycles. The fraction of sp³-hybridized carbons (Fsp3) is 0.765. The van der Waals surface area contributed by atoms with E-state index < -0.39 is 35.3 Å². The van der Waals surface area contributed by atoms with Crippen LogP contribution in [0.1, 0.15) is 33.1 Å². The molecular weight excluding hydrogens is 336 g/mol. The third-order valence-electron chi connectivity index (χ3n) is 6.02. The number of esters is 2. The van der Waals surface area contributed by atoms with Crippen LogP contribution >= 0.6 is 11.6 Å². The number of hydrogen-bond acceptors (Lipinski definition) is 6. The molecule has 1 saturated heterocycles. The zero-order valence-electron chi connectivity index (χ0n) is 13.8. The van der Waals surface area contributed by atoms with Crippen LogP contribution in [0.2, 0.25) is 0 Å². The lowest BCUT2D eigenvalue weighted by molar-refractivity contribution is -0.148. The van der Waals surface area contributed by atoms with Gasteiger partial charge in [-0.05, 0) is 18.4 Å². The molecule has 2 saturated carbocycles. The second-order valence-electron chi connectivity index (χ2n) is 7.41. The van der Waals surface area contributed by atoms with E-state index in [2.05, 4.69) is 6.58 Å². The first-order valence-electron chi connectivity index (χ1n) is 8.20. The molecule has 1 aliphatic heterocycles. The smallest absolute Gasteiger partial charge is 0.309 e. The van der Waals surface area contributed by atoms with Gasteiger partial charge >= 0.3 is 11.9 Å². The molecule has 0 unspecified atom stereocenters. The van der Waals surface area contributed by atoms with Crippen LogP contribution < -0.4 is 0 Å². The van der Waals surface area contributed by atoms with Crippen LogP contribution in [0.25, 0.3) is 0 Å². The maximum Gasteiger partial charge on any atom is 0.309 e. The number of fused-ring (bicyclic) bond motifs is 2. The average molecular weight is 359 g/mol. The van der Waals surface area contributed by atoms with Gasteiger partial charge in [-0.25, -0.2) is 0 Å². The van der Waals surface area contributed by atoms with Gasteiger partial charge in [0, 0.05) is 25.2 Å². The minimum Gasteiger partial charge on any atom is -0.462 e. The molecular formula is C17H23ClO6. The lowest BCUT2D eigenvalue weighted by Crippen LogP contribution is -2.50. The molecule has 0 bridgehead atoms. The molecule has 0 spiro atoms. The van der Waals surface area contributed by atoms with E-state index >= 15 is 0 Å². The largest absolute Gasteiger partial charge is 0.462 e. The highest BCUT2D eigenvalue weighted by Gasteiger charge is 2.64. The Labute approximate surface area is 145 Å². The van der Waals surface area contributed by atoms with Gasteiger partial charge in [0.25, 0.3) is 0 Å². The maximum absolute atomic E-state index is 11.9. The number of alkyl halides is 1. The Morgan fingerprint density at radius 1 is 1.46 bits per heavy atom. The molecule has 7 heteroatoms. The highest BCUT2D eigenvalue weighted by Crippen LogP contribution is 2.56. The molecule has 24 heavy (non-hydrogen) atoms. The Morgan fingerprint density at radius 2 is 2.12 bits per heavy atom. The molecule has 0 amide bonds. The van der Waals surface area contributed by atoms with Gasteiger partial charge in [-0.2, -0.15) is 0 Å². The third-order valence-corrected chi connectivity index (χ3v) is 6.48. The molecule has 0 aromatic carbocycles. The zero-order valence-corrected chi connectivity index (χ0v) is 14.6. The molecule has 134 valence electrons. The van der Waals surface area contributed by atoms with E-state index in [0.29, 0.717) is 5.57 Å². The van der Waals surface area contributed by atoms with Crippen molar-refractivity contribution in [3.63, 3.8) is 0 Å². The van der Waals surface area contributed by atoms with E-state index in [1.807, 2.05) is 0 Å². The summed E-state index contributed by atoms with van der Waals surface area (Å²) >= 11 is 6.05. The Kier molecular flexibility index (Phi) is 4.21. The molecule has 3 fully saturated rings. The van der Waals surface area contributed by atoms with Crippen LogP contribution in [0.15, 0.2) is 12.2 Å². The van der Waals surface area contributed by atoms with E-state index in [4.69, 9.17) is 21.1 Å². The standard InChI is InChI=1S/C17H23ClO6/c1-8-11-5-17(22)9(2)12(23-10(3)19)4-14(17)16(21,7-18)6-13(11)24-15(8)20/h8,11-14,21-22H,2,4-7H2,1,3H3/t8-,11-,12+,13-,14+,16-,17-/m1/s1. The molecule has 7 atom stereocenters. The van der Waals surface area contributed by atoms with Gasteiger partial charge < -0.3 is 19.7 Å². The Balaban J connectivity index is 2.01. The highest BCUT2D eigenvalue weighted by atomic mass is 35.5. The first-order valence-corrected chi connectivity index (χ1v) is 8.73. The van der Waals surface area contributed by atoms with E-state index in [9.17, 15) is 19.8 Å². The average Bonchev–Trinajstić information content (AvgIpc) is 2.86. The zero-order chi connectivity index (χ0) is 17.9. The number of halogens is 1. The van der Waals surface area contributed by atoms with Crippen molar-refractivity contribution < 1.29 is 29.3 Å². The first-order chi connectivity index (χ1) is 11.1. The van der Waals surface area contributed by atoms with Crippen molar-refractivity contribution in [1.29, 1.82) is 0 Å². The summed E-state index contributed by atoms with van der Waals surface area (Å²) in [5, 5.41) is 22.5. The molecule has 1 heterocycles. The molecule has 6 nitrogen and oxygen atoms in total. The number of carbonyl (C=O) groups excluding carboxylic acids is 2. The summed E-state index contributed by atoms with van der Waals surface area (Å²) in [7, 11) is 0. The van der Waals surface area contributed by atoms with Gasteiger partial charge in [-0.1, -0.05) is 13.5 Å². The van der Waals surface area contributed by atoms with Gasteiger partial charge in [-0.3, -0.25) is 9.59 Å². The van der Waals surface area contributed by atoms with Crippen molar-refractivity contribution in [3.05, 3.63) is 12.2 Å². The van der Waals surface area contributed by atoms with Crippen molar-refractivity contribution in [1.82, 2.24) is 0 Å². The van der Waals surface area contributed by atoms with Crippen LogP contribution in [-0.4, -0.2) is 51.4 Å². The number of hydrogen-bond donors (Lipinski definition) is 2. The minimum absolute atomic E-state index is 0.116. The summed E-state index contributed by atoms with van der Waals surface area (Å²) in [5.41, 5.74) is -2.53. The van der Waals surface area contributed by atoms with Crippen molar-refractivity contribution >= 4 is 23.5 Å². The van der Waals surface area contributed by atoms with Crippen LogP contribution in [0.5, 0.6) is 0 Å². The van der Waals surface area contributed by atoms with Crippen LogP contribution in [0.4, 0.5) is 0 Å². The molecule has 3 rings (SSSR count). The normalized spacial score (nSPS) is 47.6. The number of aliphatic hydroxyl groups is 2. The predicted molar refractivity (Wildman–Crippen MR) is 85.2 cm³/mol. The van der Waals surface area contributed by atoms with Crippen LogP contribution in [0, 0.1) is 17.8 Å². The quantitative estimate of drug-likeness (QED) is 0.437. The fourth-order valence-corrected chi connectivity index (χ4v) is 4.95. The van der Waals surface area contributed by atoms with Gasteiger partial charge in [0.15, 0.2) is 0 Å². The van der Waals surface area contributed by atoms with E-state index in [1.54, 1.807) is 6.92 Å². The van der Waals surface area contributed by atoms with Crippen LogP contribution in [0.3, 0.4) is 0 Å². The molecule has 3 aliphatic rings. The van der Waals surface area contributed by atoms with E-state index in [-0.39, 0.29) is 42.9 Å². The SMILES string of the molecule is C=C1[C@@H](OC(C)=O)C[C@H]2[C@](O)(CCl)C[C@H]3OC(=O)[C@H](C)[C@H]3C[C@@]12O. The lowest BCUT2D eigenvalue weighted by Gasteiger charge is -2.39. The van der Waals surface area contributed by atoms with Gasteiger partial charge in [0.05, 0.1) is 23.0 Å². The topological polar surface area (TPSA) is 93.1 Å². The van der Waals surface area contributed by atoms with E-state index in [1.165, 1.54) is 6.92 Å². The summed E-state index contributed by atoms with van der Waals surface area (Å²) in [6.07, 6.45) is -0.516. The molecule has 2 N–H and O–H groups in total. The van der Waals surface area contributed by atoms with Gasteiger partial charge in [0.1, 0.15) is 12.2 Å². The summed E-state index contributed by atoms with van der Waals surface area (Å²) in [6.45, 7) is 6.99. The molecule has 2 aliphatic carbocycles. The number of carbonyl (C=O) groups is 2. The number of rotatable bonds is 2. The second-order valence-corrected chi connectivity index (χ2v) is 7.68. The molecule has 0 aromatic rings. The minimum atomic E-state index is -1.45. The Bertz CT molecular complexity index is 592. The van der Waals surface area contributed by atoms with Crippen molar-refractivity contribution in [2.24, 2.45) is 17.8 Å². The monoisotopic (exact) mass is 358 g/mol. The Morgan fingerprint density at radius 3 is 2.71 bits per heavy atom. The summed E-state index contributed by atoms with van der Waals surface area (Å²) in [4.78, 5) is 23.3. The highest BCUT2D eigenvalue weighted by molar-refractivity contribution is 6.18. The Hall–Kier alpha value is -1.11. The third kappa shape index (κ3) is 2.47. The maximum atomic E-state index is 11.9. The van der Waals surface area contributed by atoms with Crippen molar-refractivity contribution in [3.8, 4) is 0 Å². The van der Waals surface area contributed by atoms with Crippen LogP contribution in [-0.2, 0) is 19.1 Å². The van der Waals surface area contributed by atoms with Gasteiger partial charge in [-0.15, -0.1) is 11.6 Å². The summed E-state index contributed by atoms with van der Waals surface area (Å²) in [5.74, 6) is -2.16. The van der Waals surface area contributed by atoms with Gasteiger partial charge in [0.2, 0.25) is 0 Å². The van der Waals surface area contributed by atoms with E-state index in [0.717, 1.165) is 0 Å². The van der Waals surface area contributed by atoms with Crippen molar-refractivity contribution in [2.45, 2.75) is 56.5 Å². The first kappa shape index (κ1) is 17.7. The van der Waals surface area contributed by atoms with Crippen molar-refractivity contribution in [2.75, 3.05) is 5.88 Å². The lowest BCUT2D eigenvalue weighted by atomic mass is 9.74. The predicted octanol–water partition coefficient (Wildman–Crippen LogP) is 1.17. The molecule has 0 radical (unpaired) electrons. The summed E-state index contributed by atoms with van der Waals surface area (Å²) in [6, 6.07) is 0. The second kappa shape index (κ2) is 5.71. The summed E-state index contributed by atoms with van der Waals surface area (Å²) < 4.78 is 10.7.